The van der Waals surface area contributed by atoms with Crippen molar-refractivity contribution in [1.29, 1.82) is 0 Å². The van der Waals surface area contributed by atoms with E-state index < -0.39 is 0 Å². The van der Waals surface area contributed by atoms with Crippen LogP contribution >= 0.6 is 0 Å². The molecule has 0 spiro atoms. The number of carbonyl (C=O) groups excluding carboxylic acids is 1. The molecule has 1 aliphatic rings. The number of hydrogen-bond donors (Lipinski definition) is 1. The van der Waals surface area contributed by atoms with Gasteiger partial charge in [0.25, 0.3) is 0 Å². The molecule has 1 saturated heterocycles. The summed E-state index contributed by atoms with van der Waals surface area (Å²) in [6.07, 6.45) is -0.271. The van der Waals surface area contributed by atoms with Gasteiger partial charge in [0.05, 0.1) is 6.04 Å². The van der Waals surface area contributed by atoms with Crippen LogP contribution in [0.1, 0.15) is 13.8 Å². The van der Waals surface area contributed by atoms with Crippen molar-refractivity contribution < 1.29 is 9.53 Å². The Balaban J connectivity index is 2.51. The number of cyclic esters (lactones) is 1. The molecule has 2 atom stereocenters. The van der Waals surface area contributed by atoms with Gasteiger partial charge in [-0.2, -0.15) is 0 Å². The number of hydrogen-bond acceptors (Lipinski definition) is 2. The maximum atomic E-state index is 10.3. The van der Waals surface area contributed by atoms with Crippen LogP contribution in [0, 0.1) is 0 Å². The summed E-state index contributed by atoms with van der Waals surface area (Å²) >= 11 is 0. The number of amides is 1. The Hall–Kier alpha value is -0.730. The molecule has 0 aromatic heterocycles. The average Bonchev–Trinajstić information content (AvgIpc) is 1.85. The van der Waals surface area contributed by atoms with Crippen molar-refractivity contribution in [2.24, 2.45) is 0 Å². The lowest BCUT2D eigenvalue weighted by atomic mass is 10.2. The maximum Gasteiger partial charge on any atom is 0.407 e. The molecule has 1 amide bonds. The van der Waals surface area contributed by atoms with E-state index in [-0.39, 0.29) is 18.2 Å². The van der Waals surface area contributed by atoms with Crippen molar-refractivity contribution in [3.63, 3.8) is 0 Å². The molecule has 0 saturated carbocycles. The third-order valence-corrected chi connectivity index (χ3v) is 1.34. The highest BCUT2D eigenvalue weighted by molar-refractivity contribution is 5.69. The van der Waals surface area contributed by atoms with E-state index in [1.807, 2.05) is 13.8 Å². The summed E-state index contributed by atoms with van der Waals surface area (Å²) in [6.45, 7) is 3.78. The molecular weight excluding hydrogens is 106 g/mol. The second-order valence-electron chi connectivity index (χ2n) is 2.04. The molecule has 0 unspecified atom stereocenters. The Labute approximate surface area is 48.0 Å². The fourth-order valence-corrected chi connectivity index (χ4v) is 0.608. The summed E-state index contributed by atoms with van der Waals surface area (Å²) in [5, 5.41) is 2.61. The predicted molar refractivity (Wildman–Crippen MR) is 28.5 cm³/mol. The fourth-order valence-electron chi connectivity index (χ4n) is 0.608. The minimum absolute atomic E-state index is 0.0301. The first-order valence-corrected chi connectivity index (χ1v) is 2.67. The van der Waals surface area contributed by atoms with E-state index in [1.54, 1.807) is 0 Å². The van der Waals surface area contributed by atoms with E-state index in [0.29, 0.717) is 0 Å². The predicted octanol–water partition coefficient (Wildman–Crippen LogP) is 0.503. The zero-order valence-corrected chi connectivity index (χ0v) is 4.97. The molecule has 0 aliphatic carbocycles. The Kier molecular flexibility index (Phi) is 1.12. The average molecular weight is 115 g/mol. The van der Waals surface area contributed by atoms with Crippen LogP contribution in [0.4, 0.5) is 4.79 Å². The topological polar surface area (TPSA) is 38.3 Å². The highest BCUT2D eigenvalue weighted by Gasteiger charge is 2.25. The number of nitrogens with one attached hydrogen (secondary N) is 1. The lowest BCUT2D eigenvalue weighted by Crippen LogP contribution is -2.25. The molecule has 0 aromatic carbocycles. The number of carbonyl (C=O) groups is 1. The van der Waals surface area contributed by atoms with Crippen LogP contribution in [0.3, 0.4) is 0 Å². The second kappa shape index (κ2) is 1.65. The van der Waals surface area contributed by atoms with Crippen molar-refractivity contribution in [3.8, 4) is 0 Å². The van der Waals surface area contributed by atoms with Gasteiger partial charge in [0, 0.05) is 0 Å². The third kappa shape index (κ3) is 0.757. The van der Waals surface area contributed by atoms with Gasteiger partial charge in [0.2, 0.25) is 0 Å². The Bertz CT molecular complexity index is 101. The SMILES string of the molecule is C[C@H]1NC(=O)O[C@@H]1C. The molecule has 1 rings (SSSR count). The van der Waals surface area contributed by atoms with Crippen LogP contribution < -0.4 is 5.32 Å². The molecule has 46 valence electrons. The minimum Gasteiger partial charge on any atom is -0.444 e. The van der Waals surface area contributed by atoms with E-state index in [2.05, 4.69) is 5.32 Å². The van der Waals surface area contributed by atoms with Gasteiger partial charge in [0.1, 0.15) is 6.10 Å². The summed E-state index contributed by atoms with van der Waals surface area (Å²) in [5.41, 5.74) is 0. The molecule has 1 fully saturated rings. The Morgan fingerprint density at radius 2 is 2.25 bits per heavy atom. The van der Waals surface area contributed by atoms with Crippen molar-refractivity contribution in [3.05, 3.63) is 0 Å². The fraction of sp³-hybridized carbons (Fsp3) is 0.800. The monoisotopic (exact) mass is 115 g/mol. The molecule has 8 heavy (non-hydrogen) atoms. The first-order valence-electron chi connectivity index (χ1n) is 2.67. The first kappa shape index (κ1) is 5.41. The largest absolute Gasteiger partial charge is 0.444 e. The molecule has 3 heteroatoms. The molecule has 0 aromatic rings. The standard InChI is InChI=1S/C5H9NO2/c1-3-4(2)8-5(7)6-3/h3-4H,1-2H3,(H,6,7)/t3-,4-/m1/s1. The lowest BCUT2D eigenvalue weighted by molar-refractivity contribution is 0.142. The molecular formula is C5H9NO2. The van der Waals surface area contributed by atoms with Crippen molar-refractivity contribution in [1.82, 2.24) is 5.32 Å². The van der Waals surface area contributed by atoms with Gasteiger partial charge in [-0.25, -0.2) is 4.79 Å². The third-order valence-electron chi connectivity index (χ3n) is 1.34. The number of ether oxygens (including phenoxy) is 1. The summed E-state index contributed by atoms with van der Waals surface area (Å²) in [6, 6.07) is 0.169. The van der Waals surface area contributed by atoms with Crippen LogP contribution in [0.2, 0.25) is 0 Å². The molecule has 3 nitrogen and oxygen atoms in total. The van der Waals surface area contributed by atoms with Gasteiger partial charge >= 0.3 is 6.09 Å². The van der Waals surface area contributed by atoms with E-state index >= 15 is 0 Å². The maximum absolute atomic E-state index is 10.3. The van der Waals surface area contributed by atoms with Crippen molar-refractivity contribution >= 4 is 6.09 Å². The zero-order chi connectivity index (χ0) is 6.15. The molecule has 0 radical (unpaired) electrons. The van der Waals surface area contributed by atoms with E-state index in [4.69, 9.17) is 4.74 Å². The summed E-state index contributed by atoms with van der Waals surface area (Å²) in [4.78, 5) is 10.3. The van der Waals surface area contributed by atoms with Gasteiger partial charge in [-0.05, 0) is 13.8 Å². The van der Waals surface area contributed by atoms with Gasteiger partial charge < -0.3 is 10.1 Å². The van der Waals surface area contributed by atoms with Crippen LogP contribution in [0.15, 0.2) is 0 Å². The summed E-state index contributed by atoms with van der Waals surface area (Å²) < 4.78 is 4.72. The van der Waals surface area contributed by atoms with E-state index in [9.17, 15) is 4.79 Å². The van der Waals surface area contributed by atoms with E-state index in [1.165, 1.54) is 0 Å². The van der Waals surface area contributed by atoms with Gasteiger partial charge in [-0.1, -0.05) is 0 Å². The number of alkyl carbamates (subject to hydrolysis) is 1. The zero-order valence-electron chi connectivity index (χ0n) is 4.97. The van der Waals surface area contributed by atoms with E-state index in [0.717, 1.165) is 0 Å². The molecule has 0 bridgehead atoms. The second-order valence-corrected chi connectivity index (χ2v) is 2.04. The van der Waals surface area contributed by atoms with Crippen LogP contribution in [0.5, 0.6) is 0 Å². The Morgan fingerprint density at radius 3 is 2.38 bits per heavy atom. The van der Waals surface area contributed by atoms with Gasteiger partial charge in [-0.15, -0.1) is 0 Å². The quantitative estimate of drug-likeness (QED) is 0.499. The van der Waals surface area contributed by atoms with Crippen LogP contribution in [-0.2, 0) is 4.74 Å². The van der Waals surface area contributed by atoms with Crippen LogP contribution in [-0.4, -0.2) is 18.2 Å². The van der Waals surface area contributed by atoms with Crippen molar-refractivity contribution in [2.45, 2.75) is 26.0 Å². The lowest BCUT2D eigenvalue weighted by Gasteiger charge is -2.02. The van der Waals surface area contributed by atoms with Crippen molar-refractivity contribution in [2.75, 3.05) is 0 Å². The summed E-state index contributed by atoms with van der Waals surface area (Å²) in [7, 11) is 0. The molecule has 1 heterocycles. The summed E-state index contributed by atoms with van der Waals surface area (Å²) in [5.74, 6) is 0. The highest BCUT2D eigenvalue weighted by atomic mass is 16.6. The number of rotatable bonds is 0. The molecule has 1 aliphatic heterocycles. The minimum atomic E-state index is -0.301. The highest BCUT2D eigenvalue weighted by Crippen LogP contribution is 2.05. The van der Waals surface area contributed by atoms with Gasteiger partial charge in [-0.3, -0.25) is 0 Å². The van der Waals surface area contributed by atoms with Gasteiger partial charge in [0.15, 0.2) is 0 Å². The van der Waals surface area contributed by atoms with Crippen LogP contribution in [0.25, 0.3) is 0 Å². The smallest absolute Gasteiger partial charge is 0.407 e. The molecule has 1 N–H and O–H groups in total. The first-order chi connectivity index (χ1) is 3.70. The normalized spacial score (nSPS) is 36.5. The Morgan fingerprint density at radius 1 is 1.62 bits per heavy atom.